The van der Waals surface area contributed by atoms with Gasteiger partial charge in [-0.25, -0.2) is 4.98 Å². The average molecular weight is 224 g/mol. The molecule has 0 saturated heterocycles. The molecule has 1 heterocycles. The largest absolute Gasteiger partial charge is 0.391 e. The van der Waals surface area contributed by atoms with Crippen LogP contribution >= 0.6 is 0 Å². The van der Waals surface area contributed by atoms with Gasteiger partial charge in [0.2, 0.25) is 0 Å². The average Bonchev–Trinajstić information content (AvgIpc) is 2.68. The van der Waals surface area contributed by atoms with Crippen LogP contribution in [0.1, 0.15) is 25.7 Å². The fourth-order valence-electron chi connectivity index (χ4n) is 2.01. The smallest absolute Gasteiger partial charge is 0.276 e. The van der Waals surface area contributed by atoms with Gasteiger partial charge in [-0.05, 0) is 12.8 Å². The zero-order valence-corrected chi connectivity index (χ0v) is 8.99. The van der Waals surface area contributed by atoms with Crippen LogP contribution < -0.4 is 16.6 Å². The summed E-state index contributed by atoms with van der Waals surface area (Å²) in [6.07, 6.45) is 4.93. The van der Waals surface area contributed by atoms with Gasteiger partial charge in [0.05, 0.1) is 11.9 Å². The summed E-state index contributed by atoms with van der Waals surface area (Å²) in [5, 5.41) is 13.0. The molecule has 1 aliphatic rings. The van der Waals surface area contributed by atoms with E-state index in [9.17, 15) is 9.90 Å². The van der Waals surface area contributed by atoms with Crippen LogP contribution in [0.25, 0.3) is 0 Å². The lowest BCUT2D eigenvalue weighted by Gasteiger charge is -2.22. The standard InChI is InChI=1S/C10H16N4O2/c11-7-8(13-6-14-9(7)15)12-5-10(16)3-1-2-4-10/h6,16H,1-5,11H2,(H2,12,13,14,15). The predicted octanol–water partition coefficient (Wildman–Crippen LogP) is 0.0691. The topological polar surface area (TPSA) is 104 Å². The highest BCUT2D eigenvalue weighted by Crippen LogP contribution is 2.29. The van der Waals surface area contributed by atoms with E-state index < -0.39 is 5.60 Å². The number of nitrogen functional groups attached to an aromatic ring is 1. The Morgan fingerprint density at radius 2 is 2.25 bits per heavy atom. The molecule has 6 heteroatoms. The molecule has 1 aliphatic carbocycles. The lowest BCUT2D eigenvalue weighted by atomic mass is 10.0. The molecule has 16 heavy (non-hydrogen) atoms. The number of H-pyrrole nitrogens is 1. The molecule has 0 unspecified atom stereocenters. The van der Waals surface area contributed by atoms with E-state index in [2.05, 4.69) is 15.3 Å². The Bertz CT molecular complexity index is 423. The number of nitrogens with one attached hydrogen (secondary N) is 2. The monoisotopic (exact) mass is 224 g/mol. The number of rotatable bonds is 3. The van der Waals surface area contributed by atoms with Crippen molar-refractivity contribution in [2.24, 2.45) is 0 Å². The molecule has 5 N–H and O–H groups in total. The third-order valence-corrected chi connectivity index (χ3v) is 3.01. The first-order valence-corrected chi connectivity index (χ1v) is 5.40. The quantitative estimate of drug-likeness (QED) is 0.581. The minimum absolute atomic E-state index is 0.0593. The molecule has 0 atom stereocenters. The maximum absolute atomic E-state index is 11.2. The van der Waals surface area contributed by atoms with Crippen molar-refractivity contribution < 1.29 is 5.11 Å². The minimum Gasteiger partial charge on any atom is -0.391 e. The van der Waals surface area contributed by atoms with Crippen LogP contribution in [-0.4, -0.2) is 27.2 Å². The molecule has 1 fully saturated rings. The van der Waals surface area contributed by atoms with Crippen molar-refractivity contribution in [2.45, 2.75) is 31.3 Å². The third kappa shape index (κ3) is 2.16. The van der Waals surface area contributed by atoms with Gasteiger partial charge < -0.3 is 21.1 Å². The Morgan fingerprint density at radius 1 is 1.56 bits per heavy atom. The van der Waals surface area contributed by atoms with E-state index >= 15 is 0 Å². The Hall–Kier alpha value is -1.56. The first-order valence-electron chi connectivity index (χ1n) is 5.40. The van der Waals surface area contributed by atoms with Crippen LogP contribution in [0.5, 0.6) is 0 Å². The van der Waals surface area contributed by atoms with Gasteiger partial charge in [-0.2, -0.15) is 0 Å². The van der Waals surface area contributed by atoms with E-state index in [1.54, 1.807) is 0 Å². The summed E-state index contributed by atoms with van der Waals surface area (Å²) >= 11 is 0. The van der Waals surface area contributed by atoms with Gasteiger partial charge in [0, 0.05) is 6.54 Å². The highest BCUT2D eigenvalue weighted by atomic mass is 16.3. The van der Waals surface area contributed by atoms with Crippen molar-refractivity contribution in [1.82, 2.24) is 9.97 Å². The van der Waals surface area contributed by atoms with Crippen molar-refractivity contribution in [3.8, 4) is 0 Å². The molecule has 0 spiro atoms. The fourth-order valence-corrected chi connectivity index (χ4v) is 2.01. The van der Waals surface area contributed by atoms with Gasteiger partial charge in [0.15, 0.2) is 5.82 Å². The minimum atomic E-state index is -0.684. The molecule has 0 aromatic carbocycles. The van der Waals surface area contributed by atoms with Crippen molar-refractivity contribution in [3.05, 3.63) is 16.7 Å². The van der Waals surface area contributed by atoms with Gasteiger partial charge in [-0.3, -0.25) is 4.79 Å². The molecule has 88 valence electrons. The number of anilines is 2. The summed E-state index contributed by atoms with van der Waals surface area (Å²) in [5.41, 5.74) is 4.57. The van der Waals surface area contributed by atoms with Crippen molar-refractivity contribution in [3.63, 3.8) is 0 Å². The third-order valence-electron chi connectivity index (χ3n) is 3.01. The molecule has 1 aromatic rings. The molecule has 1 aromatic heterocycles. The zero-order chi connectivity index (χ0) is 11.6. The molecule has 0 radical (unpaired) electrons. The molecule has 6 nitrogen and oxygen atoms in total. The van der Waals surface area contributed by atoms with Crippen LogP contribution in [0.4, 0.5) is 11.5 Å². The van der Waals surface area contributed by atoms with E-state index in [-0.39, 0.29) is 11.2 Å². The van der Waals surface area contributed by atoms with E-state index in [4.69, 9.17) is 5.73 Å². The molecule has 0 amide bonds. The predicted molar refractivity (Wildman–Crippen MR) is 61.2 cm³/mol. The highest BCUT2D eigenvalue weighted by molar-refractivity contribution is 5.58. The van der Waals surface area contributed by atoms with E-state index in [0.717, 1.165) is 25.7 Å². The first kappa shape index (κ1) is 10.9. The summed E-state index contributed by atoms with van der Waals surface area (Å²) in [6.45, 7) is 0.383. The van der Waals surface area contributed by atoms with Gasteiger partial charge in [-0.15, -0.1) is 0 Å². The van der Waals surface area contributed by atoms with E-state index in [0.29, 0.717) is 12.4 Å². The lowest BCUT2D eigenvalue weighted by Crippen LogP contribution is -2.34. The second-order valence-electron chi connectivity index (χ2n) is 4.28. The molecule has 0 aliphatic heterocycles. The number of hydrogen-bond donors (Lipinski definition) is 4. The second kappa shape index (κ2) is 4.13. The van der Waals surface area contributed by atoms with Crippen molar-refractivity contribution in [2.75, 3.05) is 17.6 Å². The van der Waals surface area contributed by atoms with Gasteiger partial charge >= 0.3 is 0 Å². The summed E-state index contributed by atoms with van der Waals surface area (Å²) in [4.78, 5) is 17.5. The number of aromatic nitrogens is 2. The summed E-state index contributed by atoms with van der Waals surface area (Å²) in [5.74, 6) is 0.337. The van der Waals surface area contributed by atoms with Gasteiger partial charge in [-0.1, -0.05) is 12.8 Å². The maximum atomic E-state index is 11.2. The van der Waals surface area contributed by atoms with Crippen molar-refractivity contribution >= 4 is 11.5 Å². The normalized spacial score (nSPS) is 18.6. The Labute approximate surface area is 92.9 Å². The van der Waals surface area contributed by atoms with Crippen LogP contribution in [0.3, 0.4) is 0 Å². The Balaban J connectivity index is 2.04. The van der Waals surface area contributed by atoms with Crippen LogP contribution in [0.15, 0.2) is 11.1 Å². The van der Waals surface area contributed by atoms with Crippen LogP contribution in [-0.2, 0) is 0 Å². The van der Waals surface area contributed by atoms with Crippen LogP contribution in [0.2, 0.25) is 0 Å². The molecule has 2 rings (SSSR count). The van der Waals surface area contributed by atoms with Crippen molar-refractivity contribution in [1.29, 1.82) is 0 Å². The molecule has 0 bridgehead atoms. The number of hydrogen-bond acceptors (Lipinski definition) is 5. The summed E-state index contributed by atoms with van der Waals surface area (Å²) in [6, 6.07) is 0. The zero-order valence-electron chi connectivity index (χ0n) is 8.99. The van der Waals surface area contributed by atoms with Crippen LogP contribution in [0, 0.1) is 0 Å². The second-order valence-corrected chi connectivity index (χ2v) is 4.28. The SMILES string of the molecule is Nc1c(NCC2(O)CCCC2)nc[nH]c1=O. The summed E-state index contributed by atoms with van der Waals surface area (Å²) < 4.78 is 0. The Kier molecular flexibility index (Phi) is 2.82. The Morgan fingerprint density at radius 3 is 2.94 bits per heavy atom. The summed E-state index contributed by atoms with van der Waals surface area (Å²) in [7, 11) is 0. The number of nitrogens with two attached hydrogens (primary N) is 1. The van der Waals surface area contributed by atoms with E-state index in [1.807, 2.05) is 0 Å². The van der Waals surface area contributed by atoms with Gasteiger partial charge in [0.1, 0.15) is 5.69 Å². The number of aliphatic hydroxyl groups is 1. The van der Waals surface area contributed by atoms with E-state index in [1.165, 1.54) is 6.33 Å². The highest BCUT2D eigenvalue weighted by Gasteiger charge is 2.30. The molecular weight excluding hydrogens is 208 g/mol. The molecular formula is C10H16N4O2. The maximum Gasteiger partial charge on any atom is 0.276 e. The number of aromatic amines is 1. The molecule has 1 saturated carbocycles. The van der Waals surface area contributed by atoms with Gasteiger partial charge in [0.25, 0.3) is 5.56 Å². The number of nitrogens with zero attached hydrogens (tertiary/aromatic N) is 1. The first-order chi connectivity index (χ1) is 7.61. The lowest BCUT2D eigenvalue weighted by molar-refractivity contribution is 0.0614. The fraction of sp³-hybridized carbons (Fsp3) is 0.600.